The lowest BCUT2D eigenvalue weighted by Crippen LogP contribution is -2.09. The van der Waals surface area contributed by atoms with Crippen LogP contribution in [0.5, 0.6) is 0 Å². The zero-order valence-electron chi connectivity index (χ0n) is 11.2. The molecule has 1 aromatic heterocycles. The topological polar surface area (TPSA) is 51.8 Å². The second kappa shape index (κ2) is 6.26. The summed E-state index contributed by atoms with van der Waals surface area (Å²) in [6.07, 6.45) is 0.902. The Bertz CT molecular complexity index is 569. The van der Waals surface area contributed by atoms with E-state index in [9.17, 15) is 0 Å². The second-order valence-electron chi connectivity index (χ2n) is 4.71. The molecule has 3 nitrogen and oxygen atoms in total. The van der Waals surface area contributed by atoms with Crippen LogP contribution in [0.1, 0.15) is 30.8 Å². The van der Waals surface area contributed by atoms with Crippen molar-refractivity contribution in [3.8, 4) is 11.3 Å². The standard InChI is InChI=1S/C15H18BrN3/c1-10(7-8-17)15-18-11(2)9-14(19-15)12-5-3-4-6-13(12)16/h3-6,9-10H,7-8,17H2,1-2H3. The molecule has 1 aromatic carbocycles. The first-order valence-corrected chi connectivity index (χ1v) is 7.21. The van der Waals surface area contributed by atoms with E-state index >= 15 is 0 Å². The Morgan fingerprint density at radius 2 is 2.00 bits per heavy atom. The van der Waals surface area contributed by atoms with Gasteiger partial charge >= 0.3 is 0 Å². The van der Waals surface area contributed by atoms with Crippen molar-refractivity contribution in [2.45, 2.75) is 26.2 Å². The Kier molecular flexibility index (Phi) is 4.66. The van der Waals surface area contributed by atoms with Crippen molar-refractivity contribution < 1.29 is 0 Å². The van der Waals surface area contributed by atoms with Crippen LogP contribution < -0.4 is 5.73 Å². The van der Waals surface area contributed by atoms with Crippen LogP contribution in [0.3, 0.4) is 0 Å². The number of aromatic nitrogens is 2. The van der Waals surface area contributed by atoms with Crippen LogP contribution >= 0.6 is 15.9 Å². The first-order chi connectivity index (χ1) is 9.11. The number of hydrogen-bond donors (Lipinski definition) is 1. The van der Waals surface area contributed by atoms with Gasteiger partial charge in [0.2, 0.25) is 0 Å². The number of aryl methyl sites for hydroxylation is 1. The fourth-order valence-corrected chi connectivity index (χ4v) is 2.49. The van der Waals surface area contributed by atoms with Crippen molar-refractivity contribution in [1.82, 2.24) is 9.97 Å². The maximum absolute atomic E-state index is 5.62. The Labute approximate surface area is 122 Å². The molecule has 0 radical (unpaired) electrons. The molecule has 1 heterocycles. The molecule has 0 bridgehead atoms. The minimum Gasteiger partial charge on any atom is -0.330 e. The van der Waals surface area contributed by atoms with E-state index in [4.69, 9.17) is 5.73 Å². The predicted molar refractivity (Wildman–Crippen MR) is 82.0 cm³/mol. The summed E-state index contributed by atoms with van der Waals surface area (Å²) in [5.41, 5.74) is 8.65. The molecule has 1 atom stereocenters. The molecule has 0 saturated heterocycles. The van der Waals surface area contributed by atoms with Crippen LogP contribution in [0.2, 0.25) is 0 Å². The molecule has 0 fully saturated rings. The van der Waals surface area contributed by atoms with Crippen molar-refractivity contribution in [2.24, 2.45) is 5.73 Å². The summed E-state index contributed by atoms with van der Waals surface area (Å²) in [5.74, 6) is 1.15. The third-order valence-corrected chi connectivity index (χ3v) is 3.75. The molecule has 0 aliphatic heterocycles. The van der Waals surface area contributed by atoms with E-state index in [-0.39, 0.29) is 5.92 Å². The molecule has 2 rings (SSSR count). The molecule has 2 aromatic rings. The lowest BCUT2D eigenvalue weighted by molar-refractivity contribution is 0.645. The van der Waals surface area contributed by atoms with Crippen LogP contribution in [0.4, 0.5) is 0 Å². The molecule has 100 valence electrons. The largest absolute Gasteiger partial charge is 0.330 e. The molecule has 0 aliphatic rings. The zero-order chi connectivity index (χ0) is 13.8. The van der Waals surface area contributed by atoms with Crippen LogP contribution in [0.15, 0.2) is 34.8 Å². The van der Waals surface area contributed by atoms with Gasteiger partial charge in [-0.1, -0.05) is 41.1 Å². The van der Waals surface area contributed by atoms with Gasteiger partial charge in [-0.25, -0.2) is 9.97 Å². The van der Waals surface area contributed by atoms with Crippen LogP contribution in [0, 0.1) is 6.92 Å². The molecule has 0 amide bonds. The van der Waals surface area contributed by atoms with Crippen LogP contribution in [-0.2, 0) is 0 Å². The van der Waals surface area contributed by atoms with Crippen molar-refractivity contribution in [1.29, 1.82) is 0 Å². The Hall–Kier alpha value is -1.26. The predicted octanol–water partition coefficient (Wildman–Crippen LogP) is 3.67. The first kappa shape index (κ1) is 14.2. The zero-order valence-corrected chi connectivity index (χ0v) is 12.8. The molecular formula is C15H18BrN3. The van der Waals surface area contributed by atoms with E-state index in [1.807, 2.05) is 31.2 Å². The van der Waals surface area contributed by atoms with Gasteiger partial charge in [-0.15, -0.1) is 0 Å². The van der Waals surface area contributed by atoms with E-state index in [0.29, 0.717) is 6.54 Å². The van der Waals surface area contributed by atoms with Crippen LogP contribution in [0.25, 0.3) is 11.3 Å². The van der Waals surface area contributed by atoms with E-state index in [2.05, 4.69) is 38.9 Å². The highest BCUT2D eigenvalue weighted by atomic mass is 79.9. The van der Waals surface area contributed by atoms with Gasteiger partial charge in [-0.05, 0) is 32.0 Å². The van der Waals surface area contributed by atoms with E-state index in [0.717, 1.165) is 33.7 Å². The molecule has 0 spiro atoms. The molecule has 0 aliphatic carbocycles. The van der Waals surface area contributed by atoms with Gasteiger partial charge in [0.15, 0.2) is 0 Å². The molecular weight excluding hydrogens is 302 g/mol. The van der Waals surface area contributed by atoms with Gasteiger partial charge in [-0.3, -0.25) is 0 Å². The summed E-state index contributed by atoms with van der Waals surface area (Å²) in [7, 11) is 0. The van der Waals surface area contributed by atoms with Crippen LogP contribution in [-0.4, -0.2) is 16.5 Å². The lowest BCUT2D eigenvalue weighted by Gasteiger charge is -2.12. The number of rotatable bonds is 4. The van der Waals surface area contributed by atoms with Gasteiger partial charge in [0, 0.05) is 21.6 Å². The quantitative estimate of drug-likeness (QED) is 0.935. The molecule has 19 heavy (non-hydrogen) atoms. The molecule has 4 heteroatoms. The van der Waals surface area contributed by atoms with Crippen molar-refractivity contribution in [2.75, 3.05) is 6.54 Å². The van der Waals surface area contributed by atoms with Gasteiger partial charge in [0.25, 0.3) is 0 Å². The average molecular weight is 320 g/mol. The second-order valence-corrected chi connectivity index (χ2v) is 5.57. The Morgan fingerprint density at radius 1 is 1.26 bits per heavy atom. The Balaban J connectivity index is 2.45. The van der Waals surface area contributed by atoms with Crippen molar-refractivity contribution in [3.05, 3.63) is 46.3 Å². The number of nitrogens with zero attached hydrogens (tertiary/aromatic N) is 2. The minimum atomic E-state index is 0.283. The van der Waals surface area contributed by atoms with Gasteiger partial charge in [-0.2, -0.15) is 0 Å². The van der Waals surface area contributed by atoms with Crippen molar-refractivity contribution in [3.63, 3.8) is 0 Å². The fourth-order valence-electron chi connectivity index (χ4n) is 2.00. The summed E-state index contributed by atoms with van der Waals surface area (Å²) in [5, 5.41) is 0. The first-order valence-electron chi connectivity index (χ1n) is 6.42. The van der Waals surface area contributed by atoms with E-state index < -0.39 is 0 Å². The Morgan fingerprint density at radius 3 is 2.68 bits per heavy atom. The third-order valence-electron chi connectivity index (χ3n) is 3.06. The SMILES string of the molecule is Cc1cc(-c2ccccc2Br)nc(C(C)CCN)n1. The summed E-state index contributed by atoms with van der Waals surface area (Å²) in [6.45, 7) is 4.77. The highest BCUT2D eigenvalue weighted by Crippen LogP contribution is 2.28. The van der Waals surface area contributed by atoms with Gasteiger partial charge in [0.1, 0.15) is 5.82 Å². The minimum absolute atomic E-state index is 0.283. The third kappa shape index (κ3) is 3.39. The highest BCUT2D eigenvalue weighted by molar-refractivity contribution is 9.10. The number of hydrogen-bond acceptors (Lipinski definition) is 3. The maximum Gasteiger partial charge on any atom is 0.132 e. The van der Waals surface area contributed by atoms with Gasteiger partial charge < -0.3 is 5.73 Å². The van der Waals surface area contributed by atoms with E-state index in [1.54, 1.807) is 0 Å². The number of benzene rings is 1. The summed E-state index contributed by atoms with van der Waals surface area (Å²) < 4.78 is 1.05. The fraction of sp³-hybridized carbons (Fsp3) is 0.333. The monoisotopic (exact) mass is 319 g/mol. The van der Waals surface area contributed by atoms with Gasteiger partial charge in [0.05, 0.1) is 5.69 Å². The molecule has 1 unspecified atom stereocenters. The normalized spacial score (nSPS) is 12.4. The molecule has 2 N–H and O–H groups in total. The average Bonchev–Trinajstić information content (AvgIpc) is 2.39. The summed E-state index contributed by atoms with van der Waals surface area (Å²) in [4.78, 5) is 9.21. The molecule has 0 saturated carbocycles. The summed E-state index contributed by atoms with van der Waals surface area (Å²) in [6, 6.07) is 10.1. The maximum atomic E-state index is 5.62. The lowest BCUT2D eigenvalue weighted by atomic mass is 10.1. The smallest absolute Gasteiger partial charge is 0.132 e. The number of nitrogens with two attached hydrogens (primary N) is 1. The summed E-state index contributed by atoms with van der Waals surface area (Å²) >= 11 is 3.57. The highest BCUT2D eigenvalue weighted by Gasteiger charge is 2.12. The van der Waals surface area contributed by atoms with E-state index in [1.165, 1.54) is 0 Å². The van der Waals surface area contributed by atoms with Crippen molar-refractivity contribution >= 4 is 15.9 Å². The number of halogens is 1.